The lowest BCUT2D eigenvalue weighted by Crippen LogP contribution is -2.27. The molecule has 0 spiro atoms. The SMILES string of the molecule is CCC(C)(C)Oc1cc(Br)nc(C)n1. The second-order valence-corrected chi connectivity index (χ2v) is 4.60. The van der Waals surface area contributed by atoms with Crippen LogP contribution in [0.25, 0.3) is 0 Å². The maximum Gasteiger partial charge on any atom is 0.218 e. The molecule has 0 aliphatic rings. The van der Waals surface area contributed by atoms with Crippen LogP contribution < -0.4 is 4.74 Å². The van der Waals surface area contributed by atoms with Crippen molar-refractivity contribution in [1.82, 2.24) is 9.97 Å². The number of nitrogens with zero attached hydrogens (tertiary/aromatic N) is 2. The summed E-state index contributed by atoms with van der Waals surface area (Å²) in [5.41, 5.74) is -0.180. The lowest BCUT2D eigenvalue weighted by molar-refractivity contribution is 0.0984. The molecule has 1 heterocycles. The summed E-state index contributed by atoms with van der Waals surface area (Å²) in [6, 6.07) is 1.78. The van der Waals surface area contributed by atoms with Crippen molar-refractivity contribution in [3.8, 4) is 5.88 Å². The van der Waals surface area contributed by atoms with Gasteiger partial charge in [0.1, 0.15) is 16.0 Å². The first-order chi connectivity index (χ1) is 6.43. The molecule has 1 aromatic rings. The Labute approximate surface area is 93.0 Å². The van der Waals surface area contributed by atoms with E-state index in [0.29, 0.717) is 11.7 Å². The Hall–Kier alpha value is -0.640. The number of rotatable bonds is 3. The van der Waals surface area contributed by atoms with Crippen LogP contribution in [0.2, 0.25) is 0 Å². The van der Waals surface area contributed by atoms with Gasteiger partial charge >= 0.3 is 0 Å². The number of hydrogen-bond donors (Lipinski definition) is 0. The molecule has 0 bridgehead atoms. The first kappa shape index (κ1) is 11.4. The van der Waals surface area contributed by atoms with E-state index in [2.05, 4.69) is 32.8 Å². The summed E-state index contributed by atoms with van der Waals surface area (Å²) in [7, 11) is 0. The number of halogens is 1. The molecule has 0 saturated heterocycles. The van der Waals surface area contributed by atoms with E-state index in [1.165, 1.54) is 0 Å². The number of hydrogen-bond acceptors (Lipinski definition) is 3. The quantitative estimate of drug-likeness (QED) is 0.782. The molecule has 14 heavy (non-hydrogen) atoms. The first-order valence-electron chi connectivity index (χ1n) is 4.63. The molecule has 0 N–H and O–H groups in total. The smallest absolute Gasteiger partial charge is 0.218 e. The van der Waals surface area contributed by atoms with Crippen molar-refractivity contribution in [3.63, 3.8) is 0 Å². The minimum Gasteiger partial charge on any atom is -0.472 e. The van der Waals surface area contributed by atoms with E-state index in [1.54, 1.807) is 6.07 Å². The molecule has 0 atom stereocenters. The van der Waals surface area contributed by atoms with Crippen molar-refractivity contribution in [2.75, 3.05) is 0 Å². The normalized spacial score (nSPS) is 11.5. The van der Waals surface area contributed by atoms with Gasteiger partial charge in [-0.3, -0.25) is 0 Å². The van der Waals surface area contributed by atoms with E-state index in [1.807, 2.05) is 20.8 Å². The summed E-state index contributed by atoms with van der Waals surface area (Å²) in [5, 5.41) is 0. The van der Waals surface area contributed by atoms with Gasteiger partial charge in [0.15, 0.2) is 0 Å². The molecule has 0 amide bonds. The molecule has 0 unspecified atom stereocenters. The fourth-order valence-corrected chi connectivity index (χ4v) is 1.37. The molecular weight excluding hydrogens is 244 g/mol. The van der Waals surface area contributed by atoms with Crippen LogP contribution in [-0.4, -0.2) is 15.6 Å². The third kappa shape index (κ3) is 3.25. The second-order valence-electron chi connectivity index (χ2n) is 3.79. The molecule has 4 heteroatoms. The lowest BCUT2D eigenvalue weighted by Gasteiger charge is -2.24. The summed E-state index contributed by atoms with van der Waals surface area (Å²) >= 11 is 3.31. The average molecular weight is 259 g/mol. The van der Waals surface area contributed by atoms with Gasteiger partial charge in [-0.2, -0.15) is 4.98 Å². The van der Waals surface area contributed by atoms with Crippen molar-refractivity contribution in [2.45, 2.75) is 39.7 Å². The van der Waals surface area contributed by atoms with Crippen molar-refractivity contribution >= 4 is 15.9 Å². The van der Waals surface area contributed by atoms with Gasteiger partial charge in [-0.05, 0) is 43.1 Å². The molecule has 0 aliphatic carbocycles. The van der Waals surface area contributed by atoms with E-state index in [4.69, 9.17) is 4.74 Å². The zero-order valence-electron chi connectivity index (χ0n) is 8.97. The maximum atomic E-state index is 5.73. The molecule has 0 fully saturated rings. The largest absolute Gasteiger partial charge is 0.472 e. The fourth-order valence-electron chi connectivity index (χ4n) is 0.913. The molecule has 3 nitrogen and oxygen atoms in total. The zero-order chi connectivity index (χ0) is 10.8. The third-order valence-corrected chi connectivity index (χ3v) is 2.42. The summed E-state index contributed by atoms with van der Waals surface area (Å²) in [5.74, 6) is 1.33. The molecule has 78 valence electrons. The molecule has 1 aromatic heterocycles. The number of aryl methyl sites for hydroxylation is 1. The minimum absolute atomic E-state index is 0.180. The van der Waals surface area contributed by atoms with Crippen molar-refractivity contribution in [2.24, 2.45) is 0 Å². The van der Waals surface area contributed by atoms with Crippen molar-refractivity contribution in [3.05, 3.63) is 16.5 Å². The van der Waals surface area contributed by atoms with Gasteiger partial charge in [0.25, 0.3) is 0 Å². The Morgan fingerprint density at radius 1 is 1.43 bits per heavy atom. The van der Waals surface area contributed by atoms with Crippen LogP contribution in [0.3, 0.4) is 0 Å². The summed E-state index contributed by atoms with van der Waals surface area (Å²) in [6.45, 7) is 8.01. The highest BCUT2D eigenvalue weighted by molar-refractivity contribution is 9.10. The Morgan fingerprint density at radius 3 is 2.57 bits per heavy atom. The van der Waals surface area contributed by atoms with E-state index >= 15 is 0 Å². The molecule has 0 aliphatic heterocycles. The Balaban J connectivity index is 2.87. The molecule has 1 rings (SSSR count). The lowest BCUT2D eigenvalue weighted by atomic mass is 10.1. The van der Waals surface area contributed by atoms with E-state index < -0.39 is 0 Å². The first-order valence-corrected chi connectivity index (χ1v) is 5.42. The maximum absolute atomic E-state index is 5.73. The second kappa shape index (κ2) is 4.26. The van der Waals surface area contributed by atoms with Gasteiger partial charge in [-0.15, -0.1) is 0 Å². The van der Waals surface area contributed by atoms with Crippen LogP contribution in [0.5, 0.6) is 5.88 Å². The van der Waals surface area contributed by atoms with Crippen LogP contribution in [-0.2, 0) is 0 Å². The highest BCUT2D eigenvalue weighted by Crippen LogP contribution is 2.21. The molecule has 0 radical (unpaired) electrons. The van der Waals surface area contributed by atoms with Gasteiger partial charge in [-0.25, -0.2) is 4.98 Å². The minimum atomic E-state index is -0.180. The van der Waals surface area contributed by atoms with Crippen molar-refractivity contribution < 1.29 is 4.74 Å². The van der Waals surface area contributed by atoms with Crippen LogP contribution in [0, 0.1) is 6.92 Å². The van der Waals surface area contributed by atoms with Gasteiger partial charge in [0.05, 0.1) is 0 Å². The Morgan fingerprint density at radius 2 is 2.07 bits per heavy atom. The van der Waals surface area contributed by atoms with Crippen molar-refractivity contribution in [1.29, 1.82) is 0 Å². The molecule has 0 aromatic carbocycles. The van der Waals surface area contributed by atoms with Gasteiger partial charge in [0, 0.05) is 6.07 Å². The summed E-state index contributed by atoms with van der Waals surface area (Å²) < 4.78 is 6.49. The highest BCUT2D eigenvalue weighted by Gasteiger charge is 2.17. The van der Waals surface area contributed by atoms with Crippen LogP contribution in [0.15, 0.2) is 10.7 Å². The number of ether oxygens (including phenoxy) is 1. The predicted molar refractivity (Wildman–Crippen MR) is 59.5 cm³/mol. The summed E-state index contributed by atoms with van der Waals surface area (Å²) in [4.78, 5) is 8.32. The fraction of sp³-hybridized carbons (Fsp3) is 0.600. The number of aromatic nitrogens is 2. The Bertz CT molecular complexity index is 306. The van der Waals surface area contributed by atoms with Gasteiger partial charge < -0.3 is 4.74 Å². The Kier molecular flexibility index (Phi) is 3.48. The molecule has 0 saturated carbocycles. The van der Waals surface area contributed by atoms with Crippen LogP contribution in [0.4, 0.5) is 0 Å². The van der Waals surface area contributed by atoms with Gasteiger partial charge in [0.2, 0.25) is 5.88 Å². The average Bonchev–Trinajstić information content (AvgIpc) is 2.01. The van der Waals surface area contributed by atoms with Gasteiger partial charge in [-0.1, -0.05) is 6.92 Å². The van der Waals surface area contributed by atoms with Crippen LogP contribution >= 0.6 is 15.9 Å². The monoisotopic (exact) mass is 258 g/mol. The molecular formula is C10H15BrN2O. The van der Waals surface area contributed by atoms with Crippen LogP contribution in [0.1, 0.15) is 33.0 Å². The zero-order valence-corrected chi connectivity index (χ0v) is 10.6. The standard InChI is InChI=1S/C10H15BrN2O/c1-5-10(3,4)14-9-6-8(11)12-7(2)13-9/h6H,5H2,1-4H3. The topological polar surface area (TPSA) is 35.0 Å². The van der Waals surface area contributed by atoms with E-state index in [9.17, 15) is 0 Å². The van der Waals surface area contributed by atoms with E-state index in [0.717, 1.165) is 11.0 Å². The van der Waals surface area contributed by atoms with E-state index in [-0.39, 0.29) is 5.60 Å². The summed E-state index contributed by atoms with van der Waals surface area (Å²) in [6.07, 6.45) is 0.938. The highest BCUT2D eigenvalue weighted by atomic mass is 79.9. The predicted octanol–water partition coefficient (Wildman–Crippen LogP) is 3.11. The third-order valence-electron chi connectivity index (χ3n) is 2.02.